The summed E-state index contributed by atoms with van der Waals surface area (Å²) in [6, 6.07) is 11.0. The molecule has 4 aromatic rings. The Morgan fingerprint density at radius 2 is 1.72 bits per heavy atom. The lowest BCUT2D eigenvalue weighted by atomic mass is 9.49. The van der Waals surface area contributed by atoms with Gasteiger partial charge >= 0.3 is 0 Å². The lowest BCUT2D eigenvalue weighted by Crippen LogP contribution is -2.74. The van der Waals surface area contributed by atoms with Crippen molar-refractivity contribution in [3.05, 3.63) is 93.0 Å². The van der Waals surface area contributed by atoms with Crippen LogP contribution in [0, 0.1) is 22.2 Å². The first-order valence-electron chi connectivity index (χ1n) is 24.2. The Kier molecular flexibility index (Phi) is 12.2. The second-order valence-electron chi connectivity index (χ2n) is 20.8. The number of azo groups is 2. The molecular weight excluding hydrogens is 902 g/mol. The summed E-state index contributed by atoms with van der Waals surface area (Å²) >= 11 is 6.28. The molecule has 69 heavy (non-hydrogen) atoms. The number of aryl methyl sites for hydroxylation is 1. The Balaban J connectivity index is 0.786. The van der Waals surface area contributed by atoms with Gasteiger partial charge in [-0.05, 0) is 72.6 Å². The van der Waals surface area contributed by atoms with E-state index >= 15 is 0 Å². The summed E-state index contributed by atoms with van der Waals surface area (Å²) in [5.74, 6) is 1.73. The lowest BCUT2D eigenvalue weighted by Gasteiger charge is -2.63. The number of hydrogen-bond donors (Lipinski definition) is 1. The van der Waals surface area contributed by atoms with Crippen LogP contribution in [0.25, 0.3) is 5.57 Å². The summed E-state index contributed by atoms with van der Waals surface area (Å²) < 4.78 is 39.9. The third-order valence-electron chi connectivity index (χ3n) is 15.7. The zero-order valence-electron chi connectivity index (χ0n) is 40.2. The Labute approximate surface area is 406 Å². The highest BCUT2D eigenvalue weighted by molar-refractivity contribution is 6.31. The maximum absolute atomic E-state index is 14.8. The second kappa shape index (κ2) is 18.1. The predicted molar refractivity (Wildman–Crippen MR) is 257 cm³/mol. The number of anilines is 3. The summed E-state index contributed by atoms with van der Waals surface area (Å²) in [4.78, 5) is 44.4. The van der Waals surface area contributed by atoms with E-state index in [0.717, 1.165) is 92.2 Å². The van der Waals surface area contributed by atoms with E-state index < -0.39 is 17.3 Å². The molecule has 0 radical (unpaired) electrons. The number of nitrogens with zero attached hydrogens (tertiary/aromatic N) is 11. The number of ether oxygens (including phenoxy) is 1. The summed E-state index contributed by atoms with van der Waals surface area (Å²) in [5.41, 5.74) is 5.29. The number of benzene rings is 2. The van der Waals surface area contributed by atoms with Crippen molar-refractivity contribution >= 4 is 46.4 Å². The third kappa shape index (κ3) is 8.51. The number of carbonyl (C=O) groups excluding carboxylic acids is 2. The number of likely N-dealkylation sites (tertiary alicyclic amines) is 1. The molecule has 10 rings (SSSR count). The van der Waals surface area contributed by atoms with E-state index in [2.05, 4.69) is 73.5 Å². The SMILES string of the molecule is CC(=O)N1CCc2c(c(N3CCCc4cc(C5=C[N+](C)=NC5)c(C(F)F)cc43)nn2C2CCN([C@H]3CCN(c4ncc(C(=O)NC5C(C)(C)C(Oc6ccc(C#N)c(Cl)c6)C5(C)C)cn4)C3)CC2)C1. The van der Waals surface area contributed by atoms with Gasteiger partial charge < -0.3 is 24.8 Å². The first kappa shape index (κ1) is 46.7. The highest BCUT2D eigenvalue weighted by Crippen LogP contribution is 2.56. The van der Waals surface area contributed by atoms with E-state index in [1.807, 2.05) is 24.2 Å². The molecule has 7 heterocycles. The minimum Gasteiger partial charge on any atom is -0.489 e. The van der Waals surface area contributed by atoms with Crippen molar-refractivity contribution < 1.29 is 27.8 Å². The number of nitriles is 1. The van der Waals surface area contributed by atoms with Gasteiger partial charge in [0.2, 0.25) is 18.1 Å². The lowest BCUT2D eigenvalue weighted by molar-refractivity contribution is -0.491. The molecule has 3 fully saturated rings. The molecule has 5 aliphatic heterocycles. The minimum absolute atomic E-state index is 0.00759. The van der Waals surface area contributed by atoms with Gasteiger partial charge in [-0.3, -0.25) is 19.2 Å². The number of hydrogen-bond acceptors (Lipinski definition) is 11. The van der Waals surface area contributed by atoms with E-state index in [4.69, 9.17) is 21.4 Å². The van der Waals surface area contributed by atoms with Crippen molar-refractivity contribution in [2.24, 2.45) is 15.9 Å². The zero-order chi connectivity index (χ0) is 48.5. The van der Waals surface area contributed by atoms with Crippen LogP contribution in [0.2, 0.25) is 5.02 Å². The van der Waals surface area contributed by atoms with Crippen molar-refractivity contribution in [1.29, 1.82) is 5.26 Å². The normalized spacial score (nSPS) is 23.2. The second-order valence-corrected chi connectivity index (χ2v) is 21.2. The molecule has 1 saturated carbocycles. The van der Waals surface area contributed by atoms with E-state index in [0.29, 0.717) is 72.1 Å². The van der Waals surface area contributed by atoms with Gasteiger partial charge in [-0.15, -0.1) is 0 Å². The fraction of sp³-hybridized carbons (Fsp3) is 0.529. The molecule has 2 saturated heterocycles. The fourth-order valence-electron chi connectivity index (χ4n) is 12.3. The van der Waals surface area contributed by atoms with Crippen LogP contribution in [0.1, 0.15) is 117 Å². The van der Waals surface area contributed by atoms with Crippen LogP contribution in [-0.2, 0) is 24.2 Å². The van der Waals surface area contributed by atoms with Crippen LogP contribution in [0.3, 0.4) is 0 Å². The summed E-state index contributed by atoms with van der Waals surface area (Å²) in [5, 5.41) is 22.6. The molecule has 2 amide bonds. The molecule has 0 unspecified atom stereocenters. The Morgan fingerprint density at radius 1 is 0.986 bits per heavy atom. The van der Waals surface area contributed by atoms with Gasteiger partial charge in [-0.2, -0.15) is 10.4 Å². The van der Waals surface area contributed by atoms with Gasteiger partial charge in [0.25, 0.3) is 12.3 Å². The topological polar surface area (TPSA) is 151 Å². The van der Waals surface area contributed by atoms with E-state index in [-0.39, 0.29) is 35.6 Å². The van der Waals surface area contributed by atoms with Crippen molar-refractivity contribution in [3.8, 4) is 11.8 Å². The molecule has 1 aliphatic carbocycles. The summed E-state index contributed by atoms with van der Waals surface area (Å²) in [7, 11) is 1.82. The van der Waals surface area contributed by atoms with Crippen LogP contribution in [-0.4, -0.2) is 117 Å². The molecule has 2 aromatic carbocycles. The van der Waals surface area contributed by atoms with Gasteiger partial charge in [0.1, 0.15) is 24.5 Å². The van der Waals surface area contributed by atoms with E-state index in [1.54, 1.807) is 48.3 Å². The van der Waals surface area contributed by atoms with Gasteiger partial charge in [0.05, 0.1) is 34.3 Å². The third-order valence-corrected chi connectivity index (χ3v) is 16.0. The van der Waals surface area contributed by atoms with Crippen LogP contribution in [0.15, 0.2) is 54.0 Å². The molecule has 18 heteroatoms. The van der Waals surface area contributed by atoms with Crippen LogP contribution in [0.4, 0.5) is 26.2 Å². The first-order valence-corrected chi connectivity index (χ1v) is 24.6. The molecule has 1 N–H and O–H groups in total. The van der Waals surface area contributed by atoms with Gasteiger partial charge in [0.15, 0.2) is 12.9 Å². The number of aromatic nitrogens is 4. The van der Waals surface area contributed by atoms with Crippen LogP contribution >= 0.6 is 11.6 Å². The van der Waals surface area contributed by atoms with E-state index in [1.165, 1.54) is 0 Å². The highest BCUT2D eigenvalue weighted by Gasteiger charge is 2.64. The number of rotatable bonds is 10. The molecule has 0 spiro atoms. The zero-order valence-corrected chi connectivity index (χ0v) is 40.9. The van der Waals surface area contributed by atoms with Gasteiger partial charge in [0, 0.05) is 116 Å². The maximum atomic E-state index is 14.8. The van der Waals surface area contributed by atoms with Crippen LogP contribution in [0.5, 0.6) is 5.75 Å². The molecule has 1 atom stereocenters. The molecule has 362 valence electrons. The van der Waals surface area contributed by atoms with Crippen molar-refractivity contribution in [3.63, 3.8) is 0 Å². The average molecular weight is 963 g/mol. The van der Waals surface area contributed by atoms with Crippen molar-refractivity contribution in [2.75, 3.05) is 62.7 Å². The number of fused-ring (bicyclic) bond motifs is 2. The Hall–Kier alpha value is -5.99. The van der Waals surface area contributed by atoms with Crippen molar-refractivity contribution in [1.82, 2.24) is 34.9 Å². The number of halogens is 3. The maximum Gasteiger partial charge on any atom is 0.264 e. The predicted octanol–water partition coefficient (Wildman–Crippen LogP) is 8.10. The smallest absolute Gasteiger partial charge is 0.264 e. The fourth-order valence-corrected chi connectivity index (χ4v) is 12.5. The molecule has 15 nitrogen and oxygen atoms in total. The number of nitrogens with one attached hydrogen (secondary N) is 1. The first-order chi connectivity index (χ1) is 33.0. The largest absolute Gasteiger partial charge is 0.489 e. The van der Waals surface area contributed by atoms with Gasteiger partial charge in [-0.1, -0.05) is 44.0 Å². The molecule has 2 aromatic heterocycles. The Bertz CT molecular complexity index is 2780. The quantitative estimate of drug-likeness (QED) is 0.155. The number of piperidine rings is 1. The monoisotopic (exact) mass is 961 g/mol. The molecule has 6 aliphatic rings. The highest BCUT2D eigenvalue weighted by atomic mass is 35.5. The van der Waals surface area contributed by atoms with E-state index in [9.17, 15) is 23.6 Å². The molecular formula is C51H60ClF2N12O3+. The standard InChI is InChI=1S/C51H59ClF2N12O3/c1-30(67)63-19-14-42-40(29-63)45(65-15-7-8-31-20-38(34-26-58-61(6)27-34)39(44(53)54)22-43(31)65)60-66(42)35-11-16-62(17-12-35)36-13-18-64(28-36)49-56-24-33(25-57-49)46(68)59-47-50(2,3)48(51(47,4)5)69-37-10-9-32(23-55)41(52)21-37/h9-10,20-22,24-25,27,35-36,44,47-48H,7-8,11-19,26,28-29H2,1-6H3/p+1/t36-,47?,48?/m0/s1. The Morgan fingerprint density at radius 3 is 2.39 bits per heavy atom. The minimum atomic E-state index is -2.65. The number of amides is 2. The molecule has 0 bridgehead atoms. The summed E-state index contributed by atoms with van der Waals surface area (Å²) in [6.07, 6.45) is 7.31. The number of carbonyl (C=O) groups is 2. The average Bonchev–Trinajstić information content (AvgIpc) is 4.11. The van der Waals surface area contributed by atoms with Gasteiger partial charge in [-0.25, -0.2) is 18.7 Å². The van der Waals surface area contributed by atoms with Crippen molar-refractivity contribution in [2.45, 2.75) is 110 Å². The summed E-state index contributed by atoms with van der Waals surface area (Å²) in [6.45, 7) is 15.4. The number of alkyl halides is 2. The van der Waals surface area contributed by atoms with Crippen LogP contribution < -0.4 is 19.9 Å².